The van der Waals surface area contributed by atoms with Crippen LogP contribution in [0.2, 0.25) is 0 Å². The molecule has 3 rings (SSSR count). The lowest BCUT2D eigenvalue weighted by Crippen LogP contribution is -2.28. The van der Waals surface area contributed by atoms with Gasteiger partial charge in [-0.3, -0.25) is 4.79 Å². The van der Waals surface area contributed by atoms with Gasteiger partial charge in [-0.25, -0.2) is 10.4 Å². The van der Waals surface area contributed by atoms with Crippen molar-refractivity contribution in [2.45, 2.75) is 32.6 Å². The average Bonchev–Trinajstić information content (AvgIpc) is 2.95. The van der Waals surface area contributed by atoms with Crippen LogP contribution in [0.4, 0.5) is 5.13 Å². The highest BCUT2D eigenvalue weighted by Crippen LogP contribution is 2.25. The zero-order chi connectivity index (χ0) is 15.4. The largest absolute Gasteiger partial charge is 0.352 e. The molecule has 0 saturated heterocycles. The van der Waals surface area contributed by atoms with Crippen LogP contribution in [-0.4, -0.2) is 23.1 Å². The molecule has 0 aliphatic heterocycles. The molecular weight excluding hydrogens is 296 g/mol. The van der Waals surface area contributed by atoms with E-state index >= 15 is 0 Å². The van der Waals surface area contributed by atoms with Gasteiger partial charge in [0.2, 0.25) is 0 Å². The number of nitrogens with zero attached hydrogens (tertiary/aromatic N) is 2. The molecule has 1 fully saturated rings. The molecule has 1 aliphatic rings. The molecule has 1 heterocycles. The van der Waals surface area contributed by atoms with Gasteiger partial charge in [-0.05, 0) is 37.3 Å². The molecule has 116 valence electrons. The summed E-state index contributed by atoms with van der Waals surface area (Å²) in [5.74, 6) is 0.343. The SMILES string of the molecule is C[C@@H]1CCCCC1=NNC(=O)CNc1nc2ccccc2s1. The summed E-state index contributed by atoms with van der Waals surface area (Å²) in [4.78, 5) is 16.3. The van der Waals surface area contributed by atoms with E-state index < -0.39 is 0 Å². The van der Waals surface area contributed by atoms with Crippen molar-refractivity contribution >= 4 is 38.3 Å². The number of hydrogen-bond acceptors (Lipinski definition) is 5. The standard InChI is InChI=1S/C16H20N4OS/c1-11-6-2-3-7-12(11)19-20-15(21)10-17-16-18-13-8-4-5-9-14(13)22-16/h4-5,8-9,11H,2-3,6-7,10H2,1H3,(H,17,18)(H,20,21)/t11-/m1/s1. The van der Waals surface area contributed by atoms with Gasteiger partial charge in [-0.1, -0.05) is 36.8 Å². The molecule has 1 aromatic carbocycles. The number of benzene rings is 1. The Kier molecular flexibility index (Phi) is 4.68. The Bertz CT molecular complexity index is 661. The van der Waals surface area contributed by atoms with Crippen LogP contribution in [0.1, 0.15) is 32.6 Å². The highest BCUT2D eigenvalue weighted by Gasteiger charge is 2.16. The number of nitrogens with one attached hydrogen (secondary N) is 2. The Balaban J connectivity index is 1.52. The first kappa shape index (κ1) is 15.0. The summed E-state index contributed by atoms with van der Waals surface area (Å²) < 4.78 is 1.11. The van der Waals surface area contributed by atoms with Gasteiger partial charge in [0.1, 0.15) is 0 Å². The predicted molar refractivity (Wildman–Crippen MR) is 91.3 cm³/mol. The molecule has 22 heavy (non-hydrogen) atoms. The Morgan fingerprint density at radius 1 is 1.41 bits per heavy atom. The number of rotatable bonds is 4. The summed E-state index contributed by atoms with van der Waals surface area (Å²) in [7, 11) is 0. The second-order valence-corrected chi connectivity index (χ2v) is 6.66. The van der Waals surface area contributed by atoms with Gasteiger partial charge in [-0.2, -0.15) is 5.10 Å². The van der Waals surface area contributed by atoms with Crippen LogP contribution in [-0.2, 0) is 4.79 Å². The van der Waals surface area contributed by atoms with Crippen molar-refractivity contribution in [3.8, 4) is 0 Å². The number of thiazole rings is 1. The van der Waals surface area contributed by atoms with E-state index in [0.29, 0.717) is 5.92 Å². The number of hydrazone groups is 1. The zero-order valence-electron chi connectivity index (χ0n) is 12.6. The molecule has 0 unspecified atom stereocenters. The molecule has 6 heteroatoms. The summed E-state index contributed by atoms with van der Waals surface area (Å²) in [5.41, 5.74) is 4.71. The molecule has 1 aliphatic carbocycles. The maximum atomic E-state index is 11.9. The van der Waals surface area contributed by atoms with Crippen LogP contribution in [0, 0.1) is 5.92 Å². The van der Waals surface area contributed by atoms with Crippen molar-refractivity contribution < 1.29 is 4.79 Å². The van der Waals surface area contributed by atoms with Crippen molar-refractivity contribution in [3.63, 3.8) is 0 Å². The van der Waals surface area contributed by atoms with Gasteiger partial charge >= 0.3 is 0 Å². The third-order valence-corrected chi connectivity index (χ3v) is 4.90. The van der Waals surface area contributed by atoms with Crippen molar-refractivity contribution in [1.29, 1.82) is 0 Å². The summed E-state index contributed by atoms with van der Waals surface area (Å²) in [6.45, 7) is 2.36. The van der Waals surface area contributed by atoms with E-state index in [-0.39, 0.29) is 12.5 Å². The van der Waals surface area contributed by atoms with Crippen molar-refractivity contribution in [2.24, 2.45) is 11.0 Å². The monoisotopic (exact) mass is 316 g/mol. The number of aromatic nitrogens is 1. The van der Waals surface area contributed by atoms with Crippen LogP contribution in [0.3, 0.4) is 0 Å². The van der Waals surface area contributed by atoms with Gasteiger partial charge in [0.15, 0.2) is 5.13 Å². The molecule has 2 aromatic rings. The van der Waals surface area contributed by atoms with Crippen molar-refractivity contribution in [2.75, 3.05) is 11.9 Å². The summed E-state index contributed by atoms with van der Waals surface area (Å²) >= 11 is 1.55. The van der Waals surface area contributed by atoms with E-state index in [2.05, 4.69) is 27.8 Å². The molecule has 1 aromatic heterocycles. The van der Waals surface area contributed by atoms with Gasteiger partial charge in [0, 0.05) is 5.71 Å². The number of carbonyl (C=O) groups excluding carboxylic acids is 1. The summed E-state index contributed by atoms with van der Waals surface area (Å²) in [5, 5.41) is 8.10. The first-order chi connectivity index (χ1) is 10.7. The topological polar surface area (TPSA) is 66.4 Å². The Hall–Kier alpha value is -1.95. The number of para-hydroxylation sites is 1. The minimum atomic E-state index is -0.135. The molecule has 0 radical (unpaired) electrons. The number of anilines is 1. The van der Waals surface area contributed by atoms with Crippen LogP contribution in [0.5, 0.6) is 0 Å². The third-order valence-electron chi connectivity index (χ3n) is 3.91. The quantitative estimate of drug-likeness (QED) is 0.850. The molecule has 0 spiro atoms. The van der Waals surface area contributed by atoms with E-state index in [1.54, 1.807) is 11.3 Å². The van der Waals surface area contributed by atoms with Crippen molar-refractivity contribution in [3.05, 3.63) is 24.3 Å². The van der Waals surface area contributed by atoms with Gasteiger partial charge < -0.3 is 5.32 Å². The highest BCUT2D eigenvalue weighted by molar-refractivity contribution is 7.22. The van der Waals surface area contributed by atoms with Gasteiger partial charge in [0.25, 0.3) is 5.91 Å². The number of amides is 1. The van der Waals surface area contributed by atoms with Gasteiger partial charge in [-0.15, -0.1) is 0 Å². The molecule has 1 amide bonds. The normalized spacial score (nSPS) is 20.2. The van der Waals surface area contributed by atoms with Crippen LogP contribution in [0.25, 0.3) is 10.2 Å². The minimum Gasteiger partial charge on any atom is -0.352 e. The zero-order valence-corrected chi connectivity index (χ0v) is 13.4. The maximum Gasteiger partial charge on any atom is 0.259 e. The Labute approximate surface area is 133 Å². The first-order valence-electron chi connectivity index (χ1n) is 7.67. The third kappa shape index (κ3) is 3.62. The lowest BCUT2D eigenvalue weighted by Gasteiger charge is -2.19. The smallest absolute Gasteiger partial charge is 0.259 e. The van der Waals surface area contributed by atoms with E-state index in [4.69, 9.17) is 0 Å². The van der Waals surface area contributed by atoms with Crippen LogP contribution >= 0.6 is 11.3 Å². The minimum absolute atomic E-state index is 0.135. The van der Waals surface area contributed by atoms with Gasteiger partial charge in [0.05, 0.1) is 16.8 Å². The fourth-order valence-corrected chi connectivity index (χ4v) is 3.47. The summed E-state index contributed by atoms with van der Waals surface area (Å²) in [6, 6.07) is 7.93. The molecular formula is C16H20N4OS. The van der Waals surface area contributed by atoms with E-state index in [1.807, 2.05) is 24.3 Å². The Morgan fingerprint density at radius 2 is 2.27 bits per heavy atom. The fourth-order valence-electron chi connectivity index (χ4n) is 2.61. The second-order valence-electron chi connectivity index (χ2n) is 5.63. The van der Waals surface area contributed by atoms with Crippen LogP contribution in [0.15, 0.2) is 29.4 Å². The van der Waals surface area contributed by atoms with E-state index in [0.717, 1.165) is 27.5 Å². The maximum absolute atomic E-state index is 11.9. The Morgan fingerprint density at radius 3 is 3.09 bits per heavy atom. The molecule has 1 atom stereocenters. The lowest BCUT2D eigenvalue weighted by atomic mass is 9.89. The first-order valence-corrected chi connectivity index (χ1v) is 8.49. The van der Waals surface area contributed by atoms with E-state index in [9.17, 15) is 4.79 Å². The molecule has 0 bridgehead atoms. The highest BCUT2D eigenvalue weighted by atomic mass is 32.1. The fraction of sp³-hybridized carbons (Fsp3) is 0.438. The van der Waals surface area contributed by atoms with E-state index in [1.165, 1.54) is 19.3 Å². The lowest BCUT2D eigenvalue weighted by molar-refractivity contribution is -0.119. The van der Waals surface area contributed by atoms with Crippen molar-refractivity contribution in [1.82, 2.24) is 10.4 Å². The number of fused-ring (bicyclic) bond motifs is 1. The molecule has 2 N–H and O–H groups in total. The van der Waals surface area contributed by atoms with Crippen LogP contribution < -0.4 is 10.7 Å². The molecule has 5 nitrogen and oxygen atoms in total. The summed E-state index contributed by atoms with van der Waals surface area (Å²) in [6.07, 6.45) is 4.59. The second kappa shape index (κ2) is 6.87. The molecule has 1 saturated carbocycles. The average molecular weight is 316 g/mol. The number of carbonyl (C=O) groups is 1. The number of hydrogen-bond donors (Lipinski definition) is 2. The predicted octanol–water partition coefficient (Wildman–Crippen LogP) is 3.39.